The molecule has 0 saturated heterocycles. The second-order valence-corrected chi connectivity index (χ2v) is 2.98. The molecule has 0 aromatic rings. The van der Waals surface area contributed by atoms with Crippen LogP contribution in [0.2, 0.25) is 0 Å². The Hall–Kier alpha value is 0.290. The van der Waals surface area contributed by atoms with Crippen LogP contribution in [-0.2, 0) is 0 Å². The van der Waals surface area contributed by atoms with E-state index in [1.54, 1.807) is 0 Å². The second kappa shape index (κ2) is 2.04. The van der Waals surface area contributed by atoms with Crippen molar-refractivity contribution in [2.75, 3.05) is 0 Å². The maximum absolute atomic E-state index is 5.86. The summed E-state index contributed by atoms with van der Waals surface area (Å²) in [5.41, 5.74) is 0. The molecule has 0 N–H and O–H groups in total. The minimum absolute atomic E-state index is 0.486. The van der Waals surface area contributed by atoms with E-state index in [1.807, 2.05) is 0 Å². The summed E-state index contributed by atoms with van der Waals surface area (Å²) in [6.45, 7) is 2.23. The number of rotatable bonds is 0. The molecule has 0 nitrogen and oxygen atoms in total. The lowest BCUT2D eigenvalue weighted by atomic mass is 10.1. The van der Waals surface area contributed by atoms with Crippen molar-refractivity contribution < 1.29 is 0 Å². The summed E-state index contributed by atoms with van der Waals surface area (Å²) in [6.07, 6.45) is 3.92. The summed E-state index contributed by atoms with van der Waals surface area (Å²) in [6, 6.07) is 0. The Morgan fingerprint density at radius 1 is 1.43 bits per heavy atom. The summed E-state index contributed by atoms with van der Waals surface area (Å²) >= 11 is 5.86. The third-order valence-electron chi connectivity index (χ3n) is 1.76. The van der Waals surface area contributed by atoms with Gasteiger partial charge in [0.2, 0.25) is 0 Å². The molecule has 1 aliphatic carbocycles. The smallest absolute Gasteiger partial charge is 0.0361 e. The Morgan fingerprint density at radius 2 is 2.14 bits per heavy atom. The van der Waals surface area contributed by atoms with Crippen LogP contribution in [-0.4, -0.2) is 5.38 Å². The number of halogens is 1. The van der Waals surface area contributed by atoms with Gasteiger partial charge in [-0.2, -0.15) is 0 Å². The third kappa shape index (κ3) is 1.09. The molecular weight excluding hydrogens is 108 g/mol. The number of hydrogen-bond donors (Lipinski definition) is 0. The average Bonchev–Trinajstić information content (AvgIpc) is 1.91. The minimum atomic E-state index is 0.486. The topological polar surface area (TPSA) is 0 Å². The van der Waals surface area contributed by atoms with Crippen molar-refractivity contribution in [3.8, 4) is 0 Å². The fraction of sp³-hybridized carbons (Fsp3) is 1.00. The molecule has 0 heterocycles. The molecule has 0 aromatic carbocycles. The molecule has 1 saturated carbocycles. The molecule has 0 unspecified atom stereocenters. The standard InChI is InChI=1S/C6H11Cl/c1-5-3-2-4-6(5)7/h5-6H,2-4H2,1H3/t5-,6-/m0/s1. The molecular formula is C6H11Cl. The summed E-state index contributed by atoms with van der Waals surface area (Å²) in [5.74, 6) is 0.779. The summed E-state index contributed by atoms with van der Waals surface area (Å²) in [4.78, 5) is 0. The Kier molecular flexibility index (Phi) is 1.58. The minimum Gasteiger partial charge on any atom is -0.123 e. The molecule has 0 radical (unpaired) electrons. The van der Waals surface area contributed by atoms with E-state index in [-0.39, 0.29) is 0 Å². The van der Waals surface area contributed by atoms with Crippen LogP contribution in [0.15, 0.2) is 0 Å². The van der Waals surface area contributed by atoms with Gasteiger partial charge in [0.25, 0.3) is 0 Å². The van der Waals surface area contributed by atoms with Crippen molar-refractivity contribution in [2.45, 2.75) is 31.6 Å². The molecule has 2 atom stereocenters. The van der Waals surface area contributed by atoms with Gasteiger partial charge >= 0.3 is 0 Å². The van der Waals surface area contributed by atoms with Gasteiger partial charge in [0.1, 0.15) is 0 Å². The van der Waals surface area contributed by atoms with Crippen molar-refractivity contribution >= 4 is 11.6 Å². The van der Waals surface area contributed by atoms with Gasteiger partial charge < -0.3 is 0 Å². The largest absolute Gasteiger partial charge is 0.123 e. The maximum atomic E-state index is 5.86. The van der Waals surface area contributed by atoms with Crippen LogP contribution in [0.4, 0.5) is 0 Å². The predicted octanol–water partition coefficient (Wildman–Crippen LogP) is 2.41. The van der Waals surface area contributed by atoms with Crippen molar-refractivity contribution in [1.29, 1.82) is 0 Å². The predicted molar refractivity (Wildman–Crippen MR) is 32.7 cm³/mol. The molecule has 0 bridgehead atoms. The van der Waals surface area contributed by atoms with Gasteiger partial charge in [0.05, 0.1) is 0 Å². The first kappa shape index (κ1) is 5.43. The van der Waals surface area contributed by atoms with Crippen LogP contribution < -0.4 is 0 Å². The Bertz CT molecular complexity index is 53.2. The highest BCUT2D eigenvalue weighted by atomic mass is 35.5. The zero-order valence-corrected chi connectivity index (χ0v) is 5.41. The van der Waals surface area contributed by atoms with Crippen LogP contribution in [0.3, 0.4) is 0 Å². The zero-order chi connectivity index (χ0) is 5.28. The maximum Gasteiger partial charge on any atom is 0.0361 e. The van der Waals surface area contributed by atoms with Crippen molar-refractivity contribution in [1.82, 2.24) is 0 Å². The lowest BCUT2D eigenvalue weighted by Crippen LogP contribution is -1.99. The normalized spacial score (nSPS) is 42.0. The molecule has 0 aromatic heterocycles. The molecule has 0 aliphatic heterocycles. The monoisotopic (exact) mass is 118 g/mol. The van der Waals surface area contributed by atoms with E-state index in [9.17, 15) is 0 Å². The first-order valence-electron chi connectivity index (χ1n) is 2.95. The van der Waals surface area contributed by atoms with Crippen LogP contribution in [0, 0.1) is 5.92 Å². The Balaban J connectivity index is 2.33. The Morgan fingerprint density at radius 3 is 2.29 bits per heavy atom. The van der Waals surface area contributed by atoms with E-state index in [0.29, 0.717) is 5.38 Å². The molecule has 0 spiro atoms. The van der Waals surface area contributed by atoms with E-state index in [4.69, 9.17) is 11.6 Å². The van der Waals surface area contributed by atoms with E-state index < -0.39 is 0 Å². The van der Waals surface area contributed by atoms with E-state index in [0.717, 1.165) is 5.92 Å². The SMILES string of the molecule is C[C@H]1CCC[C@@H]1Cl. The molecule has 1 rings (SSSR count). The van der Waals surface area contributed by atoms with Crippen LogP contribution in [0.25, 0.3) is 0 Å². The second-order valence-electron chi connectivity index (χ2n) is 2.42. The molecule has 1 fully saturated rings. The van der Waals surface area contributed by atoms with E-state index >= 15 is 0 Å². The van der Waals surface area contributed by atoms with Crippen LogP contribution in [0.5, 0.6) is 0 Å². The molecule has 42 valence electrons. The number of alkyl halides is 1. The summed E-state index contributed by atoms with van der Waals surface area (Å²) in [7, 11) is 0. The quantitative estimate of drug-likeness (QED) is 0.429. The van der Waals surface area contributed by atoms with Gasteiger partial charge in [0, 0.05) is 5.38 Å². The highest BCUT2D eigenvalue weighted by Gasteiger charge is 2.19. The molecule has 1 aliphatic rings. The molecule has 1 heteroatoms. The first-order chi connectivity index (χ1) is 3.30. The van der Waals surface area contributed by atoms with Crippen molar-refractivity contribution in [2.24, 2.45) is 5.92 Å². The highest BCUT2D eigenvalue weighted by molar-refractivity contribution is 6.20. The fourth-order valence-electron chi connectivity index (χ4n) is 1.10. The van der Waals surface area contributed by atoms with Gasteiger partial charge in [0.15, 0.2) is 0 Å². The summed E-state index contributed by atoms with van der Waals surface area (Å²) in [5, 5.41) is 0.486. The first-order valence-corrected chi connectivity index (χ1v) is 3.38. The van der Waals surface area contributed by atoms with Crippen molar-refractivity contribution in [3.05, 3.63) is 0 Å². The van der Waals surface area contributed by atoms with Crippen molar-refractivity contribution in [3.63, 3.8) is 0 Å². The van der Waals surface area contributed by atoms with Gasteiger partial charge in [-0.05, 0) is 18.8 Å². The van der Waals surface area contributed by atoms with Gasteiger partial charge in [-0.15, -0.1) is 11.6 Å². The highest BCUT2D eigenvalue weighted by Crippen LogP contribution is 2.28. The zero-order valence-electron chi connectivity index (χ0n) is 4.65. The van der Waals surface area contributed by atoms with Gasteiger partial charge in [-0.3, -0.25) is 0 Å². The lowest BCUT2D eigenvalue weighted by molar-refractivity contribution is 0.619. The van der Waals surface area contributed by atoms with E-state index in [2.05, 4.69) is 6.92 Å². The number of hydrogen-bond acceptors (Lipinski definition) is 0. The Labute approximate surface area is 49.9 Å². The van der Waals surface area contributed by atoms with Crippen LogP contribution in [0.1, 0.15) is 26.2 Å². The average molecular weight is 119 g/mol. The fourth-order valence-corrected chi connectivity index (χ4v) is 1.38. The molecule has 0 amide bonds. The lowest BCUT2D eigenvalue weighted by Gasteiger charge is -2.02. The summed E-state index contributed by atoms with van der Waals surface area (Å²) < 4.78 is 0. The van der Waals surface area contributed by atoms with Gasteiger partial charge in [-0.25, -0.2) is 0 Å². The van der Waals surface area contributed by atoms with Gasteiger partial charge in [-0.1, -0.05) is 13.3 Å². The molecule has 7 heavy (non-hydrogen) atoms. The third-order valence-corrected chi connectivity index (χ3v) is 2.41. The van der Waals surface area contributed by atoms with Crippen LogP contribution >= 0.6 is 11.6 Å². The van der Waals surface area contributed by atoms with E-state index in [1.165, 1.54) is 19.3 Å².